The molecule has 0 radical (unpaired) electrons. The third-order valence-corrected chi connectivity index (χ3v) is 8.73. The summed E-state index contributed by atoms with van der Waals surface area (Å²) in [4.78, 5) is 29.1. The van der Waals surface area contributed by atoms with Crippen LogP contribution in [0.1, 0.15) is 50.8 Å². The van der Waals surface area contributed by atoms with Crippen molar-refractivity contribution in [3.63, 3.8) is 0 Å². The molecule has 3 aromatic rings. The SMILES string of the molecule is CC[C@H](C(=O)NC(C)(C)C)N(Cc1ccccc1C)C(=O)CN(c1ccc(C)c(Cl)c1)S(=O)(=O)c1ccccc1. The molecule has 0 bridgehead atoms. The lowest BCUT2D eigenvalue weighted by Gasteiger charge is -2.35. The third kappa shape index (κ3) is 7.64. The van der Waals surface area contributed by atoms with Gasteiger partial charge in [0.2, 0.25) is 11.8 Å². The Balaban J connectivity index is 2.10. The number of halogens is 1. The molecule has 40 heavy (non-hydrogen) atoms. The van der Waals surface area contributed by atoms with E-state index in [0.717, 1.165) is 21.0 Å². The van der Waals surface area contributed by atoms with Gasteiger partial charge in [-0.3, -0.25) is 13.9 Å². The Kier molecular flexibility index (Phi) is 10.0. The molecule has 0 saturated carbocycles. The maximum atomic E-state index is 14.1. The van der Waals surface area contributed by atoms with Crippen molar-refractivity contribution in [2.45, 2.75) is 71.0 Å². The quantitative estimate of drug-likeness (QED) is 0.323. The van der Waals surface area contributed by atoms with Crippen LogP contribution in [0.4, 0.5) is 5.69 Å². The van der Waals surface area contributed by atoms with E-state index in [1.807, 2.05) is 65.8 Å². The first kappa shape index (κ1) is 31.2. The van der Waals surface area contributed by atoms with Crippen molar-refractivity contribution in [2.75, 3.05) is 10.8 Å². The number of anilines is 1. The number of carbonyl (C=O) groups excluding carboxylic acids is 2. The molecule has 0 fully saturated rings. The Labute approximate surface area is 243 Å². The standard InChI is InChI=1S/C31H38ClN3O4S/c1-7-28(30(37)33-31(4,5)6)34(20-24-14-12-11-13-22(24)2)29(36)21-35(25-18-17-23(3)27(32)19-25)40(38,39)26-15-9-8-10-16-26/h8-19,28H,7,20-21H2,1-6H3,(H,33,37)/t28-/m1/s1. The summed E-state index contributed by atoms with van der Waals surface area (Å²) < 4.78 is 28.9. The van der Waals surface area contributed by atoms with Crippen LogP contribution in [0.15, 0.2) is 77.7 Å². The van der Waals surface area contributed by atoms with E-state index in [0.29, 0.717) is 11.4 Å². The Morgan fingerprint density at radius 2 is 1.55 bits per heavy atom. The first-order valence-corrected chi connectivity index (χ1v) is 15.1. The van der Waals surface area contributed by atoms with Crippen LogP contribution in [-0.2, 0) is 26.2 Å². The number of nitrogens with one attached hydrogen (secondary N) is 1. The van der Waals surface area contributed by atoms with E-state index in [2.05, 4.69) is 5.32 Å². The normalized spacial score (nSPS) is 12.5. The second kappa shape index (κ2) is 12.9. The summed E-state index contributed by atoms with van der Waals surface area (Å²) in [6.45, 7) is 10.9. The fraction of sp³-hybridized carbons (Fsp3) is 0.355. The van der Waals surface area contributed by atoms with E-state index in [1.54, 1.807) is 36.4 Å². The second-order valence-electron chi connectivity index (χ2n) is 10.9. The minimum absolute atomic E-state index is 0.0440. The van der Waals surface area contributed by atoms with Gasteiger partial charge < -0.3 is 10.2 Å². The second-order valence-corrected chi connectivity index (χ2v) is 13.1. The maximum Gasteiger partial charge on any atom is 0.264 e. The molecule has 0 aliphatic heterocycles. The highest BCUT2D eigenvalue weighted by atomic mass is 35.5. The van der Waals surface area contributed by atoms with Crippen molar-refractivity contribution < 1.29 is 18.0 Å². The summed E-state index contributed by atoms with van der Waals surface area (Å²) in [5, 5.41) is 3.36. The lowest BCUT2D eigenvalue weighted by Crippen LogP contribution is -2.55. The van der Waals surface area contributed by atoms with Crippen LogP contribution in [-0.4, -0.2) is 43.3 Å². The van der Waals surface area contributed by atoms with Gasteiger partial charge in [-0.2, -0.15) is 0 Å². The molecule has 0 heterocycles. The predicted molar refractivity (Wildman–Crippen MR) is 161 cm³/mol. The Morgan fingerprint density at radius 1 is 0.925 bits per heavy atom. The minimum atomic E-state index is -4.15. The number of rotatable bonds is 10. The van der Waals surface area contributed by atoms with E-state index in [-0.39, 0.29) is 23.0 Å². The monoisotopic (exact) mass is 583 g/mol. The van der Waals surface area contributed by atoms with E-state index in [9.17, 15) is 18.0 Å². The maximum absolute atomic E-state index is 14.1. The van der Waals surface area contributed by atoms with E-state index >= 15 is 0 Å². The zero-order valence-corrected chi connectivity index (χ0v) is 25.5. The molecule has 1 N–H and O–H groups in total. The molecule has 9 heteroatoms. The lowest BCUT2D eigenvalue weighted by atomic mass is 10.0. The van der Waals surface area contributed by atoms with Gasteiger partial charge >= 0.3 is 0 Å². The minimum Gasteiger partial charge on any atom is -0.350 e. The highest BCUT2D eigenvalue weighted by Crippen LogP contribution is 2.29. The van der Waals surface area contributed by atoms with Crippen molar-refractivity contribution in [1.82, 2.24) is 10.2 Å². The zero-order chi connectivity index (χ0) is 29.7. The number of hydrogen-bond acceptors (Lipinski definition) is 4. The molecule has 214 valence electrons. The van der Waals surface area contributed by atoms with Crippen molar-refractivity contribution in [1.29, 1.82) is 0 Å². The van der Waals surface area contributed by atoms with Gasteiger partial charge in [0, 0.05) is 17.1 Å². The third-order valence-electron chi connectivity index (χ3n) is 6.54. The number of nitrogens with zero attached hydrogens (tertiary/aromatic N) is 2. The Bertz CT molecular complexity index is 1450. The van der Waals surface area contributed by atoms with Crippen LogP contribution in [0.25, 0.3) is 0 Å². The molecule has 0 aliphatic carbocycles. The Morgan fingerprint density at radius 3 is 2.12 bits per heavy atom. The summed E-state index contributed by atoms with van der Waals surface area (Å²) in [6, 6.07) is 19.7. The molecule has 0 unspecified atom stereocenters. The summed E-state index contributed by atoms with van der Waals surface area (Å²) in [5.41, 5.74) is 2.36. The fourth-order valence-corrected chi connectivity index (χ4v) is 5.93. The number of carbonyl (C=O) groups is 2. The Hall–Kier alpha value is -3.36. The molecule has 3 aromatic carbocycles. The number of benzene rings is 3. The molecule has 3 rings (SSSR count). The van der Waals surface area contributed by atoms with Gasteiger partial charge in [0.25, 0.3) is 10.0 Å². The van der Waals surface area contributed by atoms with Crippen molar-refractivity contribution in [2.24, 2.45) is 0 Å². The van der Waals surface area contributed by atoms with Crippen LogP contribution in [0.2, 0.25) is 5.02 Å². The lowest BCUT2D eigenvalue weighted by molar-refractivity contribution is -0.141. The van der Waals surface area contributed by atoms with Gasteiger partial charge in [-0.05, 0) is 82.0 Å². The topological polar surface area (TPSA) is 86.8 Å². The molecular weight excluding hydrogens is 546 g/mol. The highest BCUT2D eigenvalue weighted by molar-refractivity contribution is 7.92. The molecule has 2 amide bonds. The molecule has 0 aliphatic rings. The molecule has 1 atom stereocenters. The van der Waals surface area contributed by atoms with Gasteiger partial charge in [-0.15, -0.1) is 0 Å². The molecule has 0 aromatic heterocycles. The van der Waals surface area contributed by atoms with E-state index < -0.39 is 34.1 Å². The predicted octanol–water partition coefficient (Wildman–Crippen LogP) is 5.87. The first-order valence-electron chi connectivity index (χ1n) is 13.2. The van der Waals surface area contributed by atoms with Gasteiger partial charge in [0.05, 0.1) is 10.6 Å². The van der Waals surface area contributed by atoms with Crippen LogP contribution in [0.3, 0.4) is 0 Å². The van der Waals surface area contributed by atoms with Crippen molar-refractivity contribution in [3.05, 3.63) is 94.5 Å². The fourth-order valence-electron chi connectivity index (χ4n) is 4.33. The number of sulfonamides is 1. The zero-order valence-electron chi connectivity index (χ0n) is 23.9. The van der Waals surface area contributed by atoms with E-state index in [4.69, 9.17) is 11.6 Å². The smallest absolute Gasteiger partial charge is 0.264 e. The number of hydrogen-bond donors (Lipinski definition) is 1. The summed E-state index contributed by atoms with van der Waals surface area (Å²) in [7, 11) is -4.15. The van der Waals surface area contributed by atoms with Gasteiger partial charge in [-0.1, -0.05) is 67.1 Å². The van der Waals surface area contributed by atoms with E-state index in [1.165, 1.54) is 17.0 Å². The summed E-state index contributed by atoms with van der Waals surface area (Å²) in [6.07, 6.45) is 0.349. The van der Waals surface area contributed by atoms with Gasteiger partial charge in [0.15, 0.2) is 0 Å². The van der Waals surface area contributed by atoms with Crippen LogP contribution in [0.5, 0.6) is 0 Å². The number of amides is 2. The largest absolute Gasteiger partial charge is 0.350 e. The van der Waals surface area contributed by atoms with Crippen LogP contribution < -0.4 is 9.62 Å². The number of aryl methyl sites for hydroxylation is 2. The average molecular weight is 584 g/mol. The molecular formula is C31H38ClN3O4S. The molecule has 0 spiro atoms. The first-order chi connectivity index (χ1) is 18.7. The van der Waals surface area contributed by atoms with Crippen LogP contribution >= 0.6 is 11.6 Å². The molecule has 0 saturated heterocycles. The average Bonchev–Trinajstić information content (AvgIpc) is 2.89. The summed E-state index contributed by atoms with van der Waals surface area (Å²) in [5.74, 6) is -0.803. The van der Waals surface area contributed by atoms with Gasteiger partial charge in [-0.25, -0.2) is 8.42 Å². The highest BCUT2D eigenvalue weighted by Gasteiger charge is 2.34. The molecule has 7 nitrogen and oxygen atoms in total. The van der Waals surface area contributed by atoms with Crippen LogP contribution in [0, 0.1) is 13.8 Å². The van der Waals surface area contributed by atoms with Gasteiger partial charge in [0.1, 0.15) is 12.6 Å². The summed E-state index contributed by atoms with van der Waals surface area (Å²) >= 11 is 6.38. The van der Waals surface area contributed by atoms with Crippen molar-refractivity contribution >= 4 is 39.1 Å². The van der Waals surface area contributed by atoms with Crippen molar-refractivity contribution in [3.8, 4) is 0 Å².